The number of benzene rings is 1. The van der Waals surface area contributed by atoms with Crippen LogP contribution >= 0.6 is 0 Å². The van der Waals surface area contributed by atoms with Gasteiger partial charge in [-0.3, -0.25) is 0 Å². The van der Waals surface area contributed by atoms with Gasteiger partial charge >= 0.3 is 6.09 Å². The number of carbonyl (C=O) groups is 1. The Kier molecular flexibility index (Phi) is 14.7. The molecule has 0 aliphatic carbocycles. The van der Waals surface area contributed by atoms with Crippen molar-refractivity contribution >= 4 is 17.5 Å². The number of unbranched alkanes of at least 4 members (excludes halogenated alkanes) is 1. The Balaban J connectivity index is 0.000000401. The van der Waals surface area contributed by atoms with E-state index in [0.717, 1.165) is 29.1 Å². The van der Waals surface area contributed by atoms with Gasteiger partial charge in [0.2, 0.25) is 0 Å². The number of hydrogen-bond donors (Lipinski definition) is 0. The number of aromatic nitrogens is 2. The zero-order valence-electron chi connectivity index (χ0n) is 26.6. The number of allylic oxidation sites excluding steroid dienone is 6. The van der Waals surface area contributed by atoms with Crippen molar-refractivity contribution in [2.24, 2.45) is 0 Å². The molecule has 1 atom stereocenters. The third-order valence-corrected chi connectivity index (χ3v) is 7.01. The first-order chi connectivity index (χ1) is 20.2. The summed E-state index contributed by atoms with van der Waals surface area (Å²) < 4.78 is 19.7. The summed E-state index contributed by atoms with van der Waals surface area (Å²) in [4.78, 5) is 24.9. The van der Waals surface area contributed by atoms with E-state index in [1.165, 1.54) is 42.8 Å². The lowest BCUT2D eigenvalue weighted by Gasteiger charge is -2.40. The monoisotopic (exact) mass is 576 g/mol. The number of aryl methyl sites for hydroxylation is 1. The summed E-state index contributed by atoms with van der Waals surface area (Å²) in [6, 6.07) is 6.69. The van der Waals surface area contributed by atoms with Crippen LogP contribution in [0.1, 0.15) is 84.0 Å². The Morgan fingerprint density at radius 1 is 1.17 bits per heavy atom. The molecule has 7 heteroatoms. The zero-order valence-corrected chi connectivity index (χ0v) is 26.6. The number of hydrogen-bond acceptors (Lipinski definition) is 5. The largest absolute Gasteiger partial charge is 0.450 e. The summed E-state index contributed by atoms with van der Waals surface area (Å²) in [5.41, 5.74) is 5.43. The number of nitrogens with zero attached hydrogens (tertiary/aromatic N) is 4. The second kappa shape index (κ2) is 17.9. The molecule has 42 heavy (non-hydrogen) atoms. The van der Waals surface area contributed by atoms with Crippen LogP contribution in [0, 0.1) is 12.7 Å². The summed E-state index contributed by atoms with van der Waals surface area (Å²) in [6.07, 6.45) is 14.4. The molecule has 0 saturated carbocycles. The van der Waals surface area contributed by atoms with Crippen molar-refractivity contribution in [3.05, 3.63) is 95.3 Å². The predicted octanol–water partition coefficient (Wildman–Crippen LogP) is 8.69. The van der Waals surface area contributed by atoms with Crippen LogP contribution in [0.4, 0.5) is 15.0 Å². The van der Waals surface area contributed by atoms with Crippen LogP contribution in [0.2, 0.25) is 0 Å². The van der Waals surface area contributed by atoms with Crippen molar-refractivity contribution in [3.63, 3.8) is 0 Å². The van der Waals surface area contributed by atoms with Crippen LogP contribution in [0.3, 0.4) is 0 Å². The molecule has 1 unspecified atom stereocenters. The number of anilines is 1. The fourth-order valence-corrected chi connectivity index (χ4v) is 4.96. The Hall–Kier alpha value is -3.74. The first-order valence-electron chi connectivity index (χ1n) is 15.1. The lowest BCUT2D eigenvalue weighted by molar-refractivity contribution is 0.0890. The number of ether oxygens (including phenoxy) is 1. The van der Waals surface area contributed by atoms with E-state index < -0.39 is 0 Å². The lowest BCUT2D eigenvalue weighted by Crippen LogP contribution is -2.54. The van der Waals surface area contributed by atoms with Gasteiger partial charge in [0.15, 0.2) is 0 Å². The van der Waals surface area contributed by atoms with Crippen molar-refractivity contribution < 1.29 is 13.9 Å². The first-order valence-corrected chi connectivity index (χ1v) is 15.1. The zero-order chi connectivity index (χ0) is 31.1. The van der Waals surface area contributed by atoms with E-state index in [4.69, 9.17) is 4.74 Å². The average molecular weight is 577 g/mol. The van der Waals surface area contributed by atoms with Gasteiger partial charge in [0, 0.05) is 36.8 Å². The highest BCUT2D eigenvalue weighted by Gasteiger charge is 2.31. The summed E-state index contributed by atoms with van der Waals surface area (Å²) in [5.74, 6) is 0.472. The predicted molar refractivity (Wildman–Crippen MR) is 173 cm³/mol. The molecule has 6 nitrogen and oxygen atoms in total. The molecule has 1 saturated heterocycles. The first kappa shape index (κ1) is 34.5. The van der Waals surface area contributed by atoms with Gasteiger partial charge in [-0.2, -0.15) is 0 Å². The Morgan fingerprint density at radius 2 is 1.90 bits per heavy atom. The molecule has 0 radical (unpaired) electrons. The highest BCUT2D eigenvalue weighted by atomic mass is 19.1. The average Bonchev–Trinajstić information content (AvgIpc) is 2.95. The van der Waals surface area contributed by atoms with E-state index in [-0.39, 0.29) is 18.0 Å². The molecule has 1 aliphatic heterocycles. The Labute approximate surface area is 252 Å². The van der Waals surface area contributed by atoms with E-state index in [1.54, 1.807) is 24.0 Å². The fraction of sp³-hybridized carbons (Fsp3) is 0.457. The minimum Gasteiger partial charge on any atom is -0.450 e. The van der Waals surface area contributed by atoms with Gasteiger partial charge in [0.25, 0.3) is 0 Å². The summed E-state index contributed by atoms with van der Waals surface area (Å²) >= 11 is 0. The van der Waals surface area contributed by atoms with Gasteiger partial charge in [0.1, 0.15) is 18.0 Å². The molecule has 0 N–H and O–H groups in total. The van der Waals surface area contributed by atoms with E-state index in [9.17, 15) is 9.18 Å². The van der Waals surface area contributed by atoms with Gasteiger partial charge in [-0.25, -0.2) is 19.2 Å². The molecule has 3 rings (SSSR count). The van der Waals surface area contributed by atoms with Crippen LogP contribution in [-0.4, -0.2) is 53.2 Å². The van der Waals surface area contributed by atoms with Crippen LogP contribution in [-0.2, 0) is 4.74 Å². The SMILES string of the molecule is C/C=C(/c1ccccc1F)c1c(C)ncnc1N1CCN(C(=O)OCC)C(C)C1.C=C(/C=C(C)\C=C/CCC)CCC. The molecule has 1 aromatic carbocycles. The molecular formula is C35H49FN4O2. The quantitative estimate of drug-likeness (QED) is 0.265. The second-order valence-corrected chi connectivity index (χ2v) is 10.5. The Morgan fingerprint density at radius 3 is 2.52 bits per heavy atom. The minimum absolute atomic E-state index is 0.0339. The molecule has 1 fully saturated rings. The van der Waals surface area contributed by atoms with Gasteiger partial charge in [-0.15, -0.1) is 0 Å². The summed E-state index contributed by atoms with van der Waals surface area (Å²) in [5, 5.41) is 0. The van der Waals surface area contributed by atoms with Crippen LogP contribution in [0.25, 0.3) is 5.57 Å². The van der Waals surface area contributed by atoms with E-state index in [1.807, 2.05) is 32.9 Å². The molecular weight excluding hydrogens is 527 g/mol. The number of carbonyl (C=O) groups excluding carboxylic acids is 1. The second-order valence-electron chi connectivity index (χ2n) is 10.5. The maximum atomic E-state index is 14.5. The maximum absolute atomic E-state index is 14.5. The summed E-state index contributed by atoms with van der Waals surface area (Å²) in [7, 11) is 0. The lowest BCUT2D eigenvalue weighted by atomic mass is 9.95. The number of halogens is 1. The van der Waals surface area contributed by atoms with Crippen LogP contribution in [0.5, 0.6) is 0 Å². The number of rotatable bonds is 10. The highest BCUT2D eigenvalue weighted by molar-refractivity contribution is 5.86. The van der Waals surface area contributed by atoms with E-state index in [0.29, 0.717) is 31.8 Å². The minimum atomic E-state index is -0.292. The van der Waals surface area contributed by atoms with Crippen LogP contribution in [0.15, 0.2) is 72.6 Å². The molecule has 0 bridgehead atoms. The van der Waals surface area contributed by atoms with Crippen molar-refractivity contribution in [1.82, 2.24) is 14.9 Å². The third-order valence-electron chi connectivity index (χ3n) is 7.01. The van der Waals surface area contributed by atoms with E-state index >= 15 is 0 Å². The van der Waals surface area contributed by atoms with Crippen molar-refractivity contribution in [3.8, 4) is 0 Å². The molecule has 228 valence electrons. The molecule has 1 amide bonds. The smallest absolute Gasteiger partial charge is 0.410 e. The van der Waals surface area contributed by atoms with Gasteiger partial charge in [0.05, 0.1) is 12.3 Å². The van der Waals surface area contributed by atoms with Crippen molar-refractivity contribution in [2.75, 3.05) is 31.1 Å². The van der Waals surface area contributed by atoms with Crippen LogP contribution < -0.4 is 4.90 Å². The van der Waals surface area contributed by atoms with Gasteiger partial charge in [-0.05, 0) is 59.1 Å². The van der Waals surface area contributed by atoms with Gasteiger partial charge < -0.3 is 14.5 Å². The van der Waals surface area contributed by atoms with Crippen molar-refractivity contribution in [2.45, 2.75) is 80.2 Å². The normalized spacial score (nSPS) is 15.9. The molecule has 2 aromatic rings. The fourth-order valence-electron chi connectivity index (χ4n) is 4.96. The molecule has 1 aromatic heterocycles. The number of piperazine rings is 1. The Bertz CT molecular complexity index is 1270. The number of amides is 1. The molecule has 1 aliphatic rings. The highest BCUT2D eigenvalue weighted by Crippen LogP contribution is 2.34. The molecule has 0 spiro atoms. The molecule has 2 heterocycles. The standard InChI is InChI=1S/C22H27FN4O2.C13H22/c1-5-17(18-9-7-8-10-19(18)23)20-16(4)24-14-25-21(20)26-11-12-27(15(3)13-26)22(28)29-6-2;1-5-7-8-10-13(4)11-12(3)9-6-2/h5,7-10,14-15H,6,11-13H2,1-4H3;8,10-11H,3,5-7,9H2,1-2,4H3/b17-5-;10-8-,13-11-. The maximum Gasteiger partial charge on any atom is 0.410 e. The van der Waals surface area contributed by atoms with E-state index in [2.05, 4.69) is 60.4 Å². The van der Waals surface area contributed by atoms with Gasteiger partial charge in [-0.1, -0.05) is 86.9 Å². The topological polar surface area (TPSA) is 58.6 Å². The summed E-state index contributed by atoms with van der Waals surface area (Å²) in [6.45, 7) is 20.2. The van der Waals surface area contributed by atoms with Crippen molar-refractivity contribution in [1.29, 1.82) is 0 Å². The third kappa shape index (κ3) is 9.97.